The molecule has 0 saturated heterocycles. The summed E-state index contributed by atoms with van der Waals surface area (Å²) in [7, 11) is 1.89. The van der Waals surface area contributed by atoms with Crippen LogP contribution in [-0.2, 0) is 6.54 Å². The molecule has 1 atom stereocenters. The minimum Gasteiger partial charge on any atom is -0.345 e. The van der Waals surface area contributed by atoms with Gasteiger partial charge in [0.05, 0.1) is 11.4 Å². The van der Waals surface area contributed by atoms with Gasteiger partial charge < -0.3 is 9.88 Å². The van der Waals surface area contributed by atoms with Gasteiger partial charge in [0.25, 0.3) is 0 Å². The van der Waals surface area contributed by atoms with Crippen LogP contribution in [-0.4, -0.2) is 29.9 Å². The summed E-state index contributed by atoms with van der Waals surface area (Å²) < 4.78 is 2.29. The first-order valence-electron chi connectivity index (χ1n) is 5.97. The first kappa shape index (κ1) is 11.4. The van der Waals surface area contributed by atoms with E-state index in [0.29, 0.717) is 6.04 Å². The van der Waals surface area contributed by atoms with E-state index in [1.165, 1.54) is 11.4 Å². The average Bonchev–Trinajstić information content (AvgIpc) is 2.66. The quantitative estimate of drug-likeness (QED) is 0.809. The highest BCUT2D eigenvalue weighted by molar-refractivity contribution is 6.04. The number of aromatic nitrogens is 1. The van der Waals surface area contributed by atoms with E-state index in [0.717, 1.165) is 13.1 Å². The van der Waals surface area contributed by atoms with Gasteiger partial charge in [0, 0.05) is 31.2 Å². The van der Waals surface area contributed by atoms with Crippen molar-refractivity contribution in [3.05, 3.63) is 24.0 Å². The first-order valence-corrected chi connectivity index (χ1v) is 5.97. The lowest BCUT2D eigenvalue weighted by atomic mass is 9.76. The Kier molecular flexibility index (Phi) is 2.89. The van der Waals surface area contributed by atoms with Crippen LogP contribution in [0.1, 0.15) is 26.5 Å². The van der Waals surface area contributed by atoms with Gasteiger partial charge in [0.2, 0.25) is 0 Å². The van der Waals surface area contributed by atoms with Gasteiger partial charge in [0.1, 0.15) is 0 Å². The SMILES string of the molecule is CCNC1Cn2cccc2C(=NC)C1(C)C. The standard InChI is InChI=1S/C13H21N3/c1-5-15-11-9-16-8-6-7-10(16)12(14-4)13(11,2)3/h6-8,11,15H,5,9H2,1-4H3. The average molecular weight is 219 g/mol. The summed E-state index contributed by atoms with van der Waals surface area (Å²) in [6.45, 7) is 8.74. The molecule has 3 nitrogen and oxygen atoms in total. The van der Waals surface area contributed by atoms with E-state index in [9.17, 15) is 0 Å². The molecule has 0 aliphatic carbocycles. The fraction of sp³-hybridized carbons (Fsp3) is 0.615. The van der Waals surface area contributed by atoms with Crippen molar-refractivity contribution in [1.82, 2.24) is 9.88 Å². The molecule has 1 unspecified atom stereocenters. The smallest absolute Gasteiger partial charge is 0.0653 e. The van der Waals surface area contributed by atoms with Crippen LogP contribution < -0.4 is 5.32 Å². The highest BCUT2D eigenvalue weighted by atomic mass is 15.1. The number of rotatable bonds is 2. The summed E-state index contributed by atoms with van der Waals surface area (Å²) in [6.07, 6.45) is 2.14. The number of fused-ring (bicyclic) bond motifs is 1. The molecule has 1 aromatic heterocycles. The summed E-state index contributed by atoms with van der Waals surface area (Å²) in [5.74, 6) is 0. The zero-order chi connectivity index (χ0) is 11.8. The molecule has 3 heteroatoms. The maximum atomic E-state index is 4.50. The normalized spacial score (nSPS) is 25.8. The van der Waals surface area contributed by atoms with Crippen molar-refractivity contribution in [3.63, 3.8) is 0 Å². The Morgan fingerprint density at radius 1 is 1.56 bits per heavy atom. The minimum atomic E-state index is 0.0963. The second-order valence-corrected chi connectivity index (χ2v) is 4.95. The monoisotopic (exact) mass is 219 g/mol. The van der Waals surface area contributed by atoms with Crippen LogP contribution in [0, 0.1) is 5.41 Å². The van der Waals surface area contributed by atoms with Gasteiger partial charge in [-0.3, -0.25) is 4.99 Å². The zero-order valence-electron chi connectivity index (χ0n) is 10.6. The molecule has 2 heterocycles. The maximum Gasteiger partial charge on any atom is 0.0653 e. The molecular formula is C13H21N3. The molecule has 0 amide bonds. The van der Waals surface area contributed by atoms with Gasteiger partial charge >= 0.3 is 0 Å². The molecule has 1 aromatic rings. The Balaban J connectivity index is 2.45. The molecule has 16 heavy (non-hydrogen) atoms. The lowest BCUT2D eigenvalue weighted by molar-refractivity contribution is 0.287. The molecule has 0 bridgehead atoms. The van der Waals surface area contributed by atoms with Crippen LogP contribution in [0.3, 0.4) is 0 Å². The summed E-state index contributed by atoms with van der Waals surface area (Å²) >= 11 is 0. The van der Waals surface area contributed by atoms with Crippen LogP contribution >= 0.6 is 0 Å². The van der Waals surface area contributed by atoms with E-state index >= 15 is 0 Å². The van der Waals surface area contributed by atoms with Crippen molar-refractivity contribution in [3.8, 4) is 0 Å². The third kappa shape index (κ3) is 1.59. The van der Waals surface area contributed by atoms with Crippen molar-refractivity contribution in [2.45, 2.75) is 33.4 Å². The third-order valence-corrected chi connectivity index (χ3v) is 3.61. The minimum absolute atomic E-state index is 0.0963. The number of hydrogen-bond acceptors (Lipinski definition) is 2. The molecule has 0 spiro atoms. The molecule has 1 aliphatic rings. The van der Waals surface area contributed by atoms with E-state index in [4.69, 9.17) is 0 Å². The van der Waals surface area contributed by atoms with Crippen molar-refractivity contribution in [2.75, 3.05) is 13.6 Å². The molecule has 0 saturated carbocycles. The molecule has 0 aromatic carbocycles. The molecule has 2 rings (SSSR count). The van der Waals surface area contributed by atoms with Crippen LogP contribution in [0.2, 0.25) is 0 Å². The molecule has 0 fully saturated rings. The second kappa shape index (κ2) is 4.06. The largest absolute Gasteiger partial charge is 0.345 e. The fourth-order valence-corrected chi connectivity index (χ4v) is 2.68. The second-order valence-electron chi connectivity index (χ2n) is 4.95. The Morgan fingerprint density at radius 3 is 2.94 bits per heavy atom. The highest BCUT2D eigenvalue weighted by Gasteiger charge is 2.39. The predicted molar refractivity (Wildman–Crippen MR) is 68.1 cm³/mol. The first-order chi connectivity index (χ1) is 7.61. The van der Waals surface area contributed by atoms with Gasteiger partial charge in [-0.1, -0.05) is 20.8 Å². The van der Waals surface area contributed by atoms with Crippen molar-refractivity contribution in [1.29, 1.82) is 0 Å². The van der Waals surface area contributed by atoms with Crippen LogP contribution in [0.4, 0.5) is 0 Å². The number of hydrogen-bond donors (Lipinski definition) is 1. The molecule has 0 radical (unpaired) electrons. The lowest BCUT2D eigenvalue weighted by Gasteiger charge is -2.41. The van der Waals surface area contributed by atoms with Crippen molar-refractivity contribution in [2.24, 2.45) is 10.4 Å². The third-order valence-electron chi connectivity index (χ3n) is 3.61. The van der Waals surface area contributed by atoms with E-state index in [2.05, 4.69) is 54.0 Å². The predicted octanol–water partition coefficient (Wildman–Crippen LogP) is 1.92. The lowest BCUT2D eigenvalue weighted by Crippen LogP contribution is -2.53. The molecule has 1 aliphatic heterocycles. The van der Waals surface area contributed by atoms with E-state index in [1.54, 1.807) is 0 Å². The number of nitrogens with one attached hydrogen (secondary N) is 1. The van der Waals surface area contributed by atoms with Crippen LogP contribution in [0.15, 0.2) is 23.3 Å². The molecule has 88 valence electrons. The Hall–Kier alpha value is -1.09. The number of likely N-dealkylation sites (N-methyl/N-ethyl adjacent to an activating group) is 1. The summed E-state index contributed by atoms with van der Waals surface area (Å²) in [5.41, 5.74) is 2.57. The van der Waals surface area contributed by atoms with Crippen molar-refractivity contribution < 1.29 is 0 Å². The van der Waals surface area contributed by atoms with E-state index in [1.807, 2.05) is 7.05 Å². The van der Waals surface area contributed by atoms with Gasteiger partial charge in [-0.25, -0.2) is 0 Å². The van der Waals surface area contributed by atoms with Gasteiger partial charge in [-0.05, 0) is 18.7 Å². The Bertz CT molecular complexity index is 401. The zero-order valence-corrected chi connectivity index (χ0v) is 10.6. The fourth-order valence-electron chi connectivity index (χ4n) is 2.68. The van der Waals surface area contributed by atoms with Gasteiger partial charge in [0.15, 0.2) is 0 Å². The van der Waals surface area contributed by atoms with Gasteiger partial charge in [-0.2, -0.15) is 0 Å². The topological polar surface area (TPSA) is 29.3 Å². The summed E-state index contributed by atoms with van der Waals surface area (Å²) in [6, 6.07) is 4.72. The molecule has 1 N–H and O–H groups in total. The summed E-state index contributed by atoms with van der Waals surface area (Å²) in [4.78, 5) is 4.50. The van der Waals surface area contributed by atoms with Gasteiger partial charge in [-0.15, -0.1) is 0 Å². The number of nitrogens with zero attached hydrogens (tertiary/aromatic N) is 2. The highest BCUT2D eigenvalue weighted by Crippen LogP contribution is 2.32. The van der Waals surface area contributed by atoms with Crippen LogP contribution in [0.5, 0.6) is 0 Å². The Morgan fingerprint density at radius 2 is 2.31 bits per heavy atom. The van der Waals surface area contributed by atoms with E-state index < -0.39 is 0 Å². The summed E-state index contributed by atoms with van der Waals surface area (Å²) in [5, 5.41) is 3.57. The molecular weight excluding hydrogens is 198 g/mol. The Labute approximate surface area is 97.6 Å². The van der Waals surface area contributed by atoms with E-state index in [-0.39, 0.29) is 5.41 Å². The van der Waals surface area contributed by atoms with Crippen LogP contribution in [0.25, 0.3) is 0 Å². The maximum absolute atomic E-state index is 4.50. The number of aliphatic imine (C=N–C) groups is 1. The van der Waals surface area contributed by atoms with Crippen molar-refractivity contribution >= 4 is 5.71 Å².